The van der Waals surface area contributed by atoms with Gasteiger partial charge in [0.25, 0.3) is 0 Å². The highest BCUT2D eigenvalue weighted by atomic mass is 32.2. The van der Waals surface area contributed by atoms with Crippen LogP contribution in [0.2, 0.25) is 0 Å². The highest BCUT2D eigenvalue weighted by molar-refractivity contribution is 7.84. The van der Waals surface area contributed by atoms with Gasteiger partial charge in [0.1, 0.15) is 0 Å². The zero-order valence-corrected chi connectivity index (χ0v) is 5.97. The Balaban J connectivity index is 0.000000810. The molecule has 0 saturated carbocycles. The molecule has 0 aromatic carbocycles. The third kappa shape index (κ3) is 1.43. The first-order chi connectivity index (χ1) is 4.02. The SMILES string of the molecule is N.O=C1CCN1S(=O)(=O)O. The minimum Gasteiger partial charge on any atom is -0.344 e. The van der Waals surface area contributed by atoms with Gasteiger partial charge in [0.15, 0.2) is 0 Å². The fourth-order valence-electron chi connectivity index (χ4n) is 0.538. The van der Waals surface area contributed by atoms with Gasteiger partial charge < -0.3 is 6.15 Å². The molecule has 1 aliphatic rings. The fraction of sp³-hybridized carbons (Fsp3) is 0.667. The van der Waals surface area contributed by atoms with Gasteiger partial charge in [-0.2, -0.15) is 8.42 Å². The molecular formula is C3H8N2O4S. The van der Waals surface area contributed by atoms with Crippen molar-refractivity contribution in [2.75, 3.05) is 6.54 Å². The summed E-state index contributed by atoms with van der Waals surface area (Å²) < 4.78 is 28.8. The second kappa shape index (κ2) is 2.52. The first kappa shape index (κ1) is 9.34. The molecule has 6 nitrogen and oxygen atoms in total. The standard InChI is InChI=1S/C3H5NO4S.H3N/c5-3-1-2-4(3)9(6,7)8;/h1-2H2,(H,6,7,8);1H3. The average Bonchev–Trinajstić information content (AvgIpc) is 1.57. The van der Waals surface area contributed by atoms with E-state index in [1.807, 2.05) is 0 Å². The van der Waals surface area contributed by atoms with Crippen LogP contribution in [0.15, 0.2) is 0 Å². The van der Waals surface area contributed by atoms with E-state index in [2.05, 4.69) is 0 Å². The number of carbonyl (C=O) groups is 1. The largest absolute Gasteiger partial charge is 0.362 e. The molecule has 60 valence electrons. The Labute approximate surface area is 58.3 Å². The lowest BCUT2D eigenvalue weighted by Gasteiger charge is -2.25. The smallest absolute Gasteiger partial charge is 0.344 e. The summed E-state index contributed by atoms with van der Waals surface area (Å²) in [6, 6.07) is 0. The quantitative estimate of drug-likeness (QED) is 0.392. The third-order valence-corrected chi connectivity index (χ3v) is 2.03. The molecule has 0 aliphatic carbocycles. The van der Waals surface area contributed by atoms with Gasteiger partial charge in [-0.3, -0.25) is 9.35 Å². The summed E-state index contributed by atoms with van der Waals surface area (Å²) in [5, 5.41) is 0. The van der Waals surface area contributed by atoms with Crippen LogP contribution in [0, 0.1) is 0 Å². The molecule has 1 rings (SSSR count). The summed E-state index contributed by atoms with van der Waals surface area (Å²) in [5.41, 5.74) is 0. The summed E-state index contributed by atoms with van der Waals surface area (Å²) in [6.45, 7) is 0.109. The third-order valence-electron chi connectivity index (χ3n) is 1.09. The van der Waals surface area contributed by atoms with Crippen LogP contribution in [-0.2, 0) is 15.1 Å². The fourth-order valence-corrected chi connectivity index (χ4v) is 1.21. The number of rotatable bonds is 1. The first-order valence-corrected chi connectivity index (χ1v) is 3.69. The molecule has 0 atom stereocenters. The lowest BCUT2D eigenvalue weighted by Crippen LogP contribution is -2.46. The molecule has 0 radical (unpaired) electrons. The van der Waals surface area contributed by atoms with E-state index >= 15 is 0 Å². The number of β-lactam (4-membered cyclic amide) rings is 1. The number of carbonyl (C=O) groups excluding carboxylic acids is 1. The van der Waals surface area contributed by atoms with Gasteiger partial charge in [-0.05, 0) is 0 Å². The van der Waals surface area contributed by atoms with Gasteiger partial charge >= 0.3 is 10.3 Å². The van der Waals surface area contributed by atoms with Gasteiger partial charge in [0.2, 0.25) is 5.91 Å². The Morgan fingerprint density at radius 1 is 1.50 bits per heavy atom. The molecule has 0 aromatic heterocycles. The van der Waals surface area contributed by atoms with Gasteiger partial charge in [-0.15, -0.1) is 0 Å². The second-order valence-corrected chi connectivity index (χ2v) is 3.03. The lowest BCUT2D eigenvalue weighted by molar-refractivity contribution is -0.133. The van der Waals surface area contributed by atoms with Crippen LogP contribution in [0.3, 0.4) is 0 Å². The van der Waals surface area contributed by atoms with Crippen molar-refractivity contribution < 1.29 is 17.8 Å². The van der Waals surface area contributed by atoms with E-state index in [1.54, 1.807) is 0 Å². The summed E-state index contributed by atoms with van der Waals surface area (Å²) in [4.78, 5) is 10.3. The molecule has 4 N–H and O–H groups in total. The van der Waals surface area contributed by atoms with Crippen molar-refractivity contribution in [1.29, 1.82) is 0 Å². The minimum absolute atomic E-state index is 0. The summed E-state index contributed by atoms with van der Waals surface area (Å²) in [6.07, 6.45) is 0.208. The van der Waals surface area contributed by atoms with E-state index in [9.17, 15) is 13.2 Å². The molecule has 10 heavy (non-hydrogen) atoms. The molecule has 1 saturated heterocycles. The van der Waals surface area contributed by atoms with Crippen LogP contribution in [0.4, 0.5) is 0 Å². The lowest BCUT2D eigenvalue weighted by atomic mass is 10.3. The van der Waals surface area contributed by atoms with E-state index in [-0.39, 0.29) is 19.1 Å². The summed E-state index contributed by atoms with van der Waals surface area (Å²) in [5.74, 6) is -0.544. The molecule has 1 heterocycles. The highest BCUT2D eigenvalue weighted by Gasteiger charge is 2.33. The zero-order chi connectivity index (χ0) is 7.07. The van der Waals surface area contributed by atoms with Crippen LogP contribution >= 0.6 is 0 Å². The Kier molecular flexibility index (Phi) is 2.36. The Hall–Kier alpha value is -0.660. The van der Waals surface area contributed by atoms with Gasteiger partial charge in [0, 0.05) is 13.0 Å². The zero-order valence-electron chi connectivity index (χ0n) is 5.15. The molecule has 1 amide bonds. The van der Waals surface area contributed by atoms with Crippen LogP contribution in [0.1, 0.15) is 6.42 Å². The Morgan fingerprint density at radius 2 is 2.00 bits per heavy atom. The summed E-state index contributed by atoms with van der Waals surface area (Å²) >= 11 is 0. The van der Waals surface area contributed by atoms with E-state index in [1.165, 1.54) is 0 Å². The van der Waals surface area contributed by atoms with Crippen LogP contribution in [0.5, 0.6) is 0 Å². The molecule has 0 unspecified atom stereocenters. The van der Waals surface area contributed by atoms with Crippen LogP contribution in [-0.4, -0.2) is 29.7 Å². The van der Waals surface area contributed by atoms with E-state index in [0.717, 1.165) is 0 Å². The molecule has 1 fully saturated rings. The van der Waals surface area contributed by atoms with Crippen LogP contribution in [0.25, 0.3) is 0 Å². The predicted molar refractivity (Wildman–Crippen MR) is 32.9 cm³/mol. The predicted octanol–water partition coefficient (Wildman–Crippen LogP) is -0.817. The number of amides is 1. The van der Waals surface area contributed by atoms with Crippen molar-refractivity contribution in [1.82, 2.24) is 10.5 Å². The van der Waals surface area contributed by atoms with E-state index in [0.29, 0.717) is 4.31 Å². The van der Waals surface area contributed by atoms with Gasteiger partial charge in [-0.1, -0.05) is 0 Å². The molecule has 0 spiro atoms. The Bertz CT molecular complexity index is 233. The number of nitrogens with zero attached hydrogens (tertiary/aromatic N) is 1. The molecule has 1 aliphatic heterocycles. The van der Waals surface area contributed by atoms with Gasteiger partial charge in [0.05, 0.1) is 0 Å². The molecule has 7 heteroatoms. The first-order valence-electron chi connectivity index (χ1n) is 2.30. The van der Waals surface area contributed by atoms with Crippen molar-refractivity contribution >= 4 is 16.2 Å². The van der Waals surface area contributed by atoms with Crippen molar-refractivity contribution in [3.05, 3.63) is 0 Å². The minimum atomic E-state index is -4.23. The number of hydrogen-bond donors (Lipinski definition) is 2. The van der Waals surface area contributed by atoms with Crippen molar-refractivity contribution in [3.8, 4) is 0 Å². The van der Waals surface area contributed by atoms with Crippen LogP contribution < -0.4 is 6.15 Å². The van der Waals surface area contributed by atoms with E-state index in [4.69, 9.17) is 4.55 Å². The molecule has 0 aromatic rings. The number of hydrogen-bond acceptors (Lipinski definition) is 4. The maximum Gasteiger partial charge on any atom is 0.362 e. The maximum atomic E-state index is 10.3. The second-order valence-electron chi connectivity index (χ2n) is 1.69. The average molecular weight is 168 g/mol. The monoisotopic (exact) mass is 168 g/mol. The maximum absolute atomic E-state index is 10.3. The van der Waals surface area contributed by atoms with E-state index < -0.39 is 16.2 Å². The normalized spacial score (nSPS) is 17.7. The van der Waals surface area contributed by atoms with Gasteiger partial charge in [-0.25, -0.2) is 4.31 Å². The molecule has 0 bridgehead atoms. The molecular weight excluding hydrogens is 160 g/mol. The summed E-state index contributed by atoms with van der Waals surface area (Å²) in [7, 11) is -4.23. The Morgan fingerprint density at radius 3 is 2.00 bits per heavy atom. The van der Waals surface area contributed by atoms with Crippen molar-refractivity contribution in [2.24, 2.45) is 0 Å². The van der Waals surface area contributed by atoms with Crippen molar-refractivity contribution in [3.63, 3.8) is 0 Å². The van der Waals surface area contributed by atoms with Crippen molar-refractivity contribution in [2.45, 2.75) is 6.42 Å². The highest BCUT2D eigenvalue weighted by Crippen LogP contribution is 2.11. The topological polar surface area (TPSA) is 110 Å².